The van der Waals surface area contributed by atoms with Crippen molar-refractivity contribution in [3.63, 3.8) is 0 Å². The lowest BCUT2D eigenvalue weighted by Crippen LogP contribution is -2.27. The van der Waals surface area contributed by atoms with Gasteiger partial charge in [-0.25, -0.2) is 0 Å². The highest BCUT2D eigenvalue weighted by Crippen LogP contribution is 2.21. The molecule has 1 unspecified atom stereocenters. The normalized spacial score (nSPS) is 13.4. The van der Waals surface area contributed by atoms with Gasteiger partial charge < -0.3 is 4.43 Å². The van der Waals surface area contributed by atoms with E-state index in [1.807, 2.05) is 10.9 Å². The topological polar surface area (TPSA) is 50.8 Å². The molecule has 1 heterocycles. The summed E-state index contributed by atoms with van der Waals surface area (Å²) in [7, 11) is -1.69. The first-order chi connectivity index (χ1) is 7.46. The third-order valence-corrected chi connectivity index (χ3v) is 2.94. The number of nitriles is 1. The molecule has 0 aliphatic heterocycles. The average Bonchev–Trinajstić information content (AvgIpc) is 2.62. The summed E-state index contributed by atoms with van der Waals surface area (Å²) >= 11 is 0. The Bertz CT molecular complexity index is 375. The van der Waals surface area contributed by atoms with Crippen LogP contribution in [0.15, 0.2) is 12.4 Å². The van der Waals surface area contributed by atoms with E-state index in [0.717, 1.165) is 18.5 Å². The first kappa shape index (κ1) is 12.9. The minimum Gasteiger partial charge on any atom is -0.399 e. The van der Waals surface area contributed by atoms with Crippen LogP contribution in [0.2, 0.25) is 19.6 Å². The molecule has 0 aromatic carbocycles. The van der Waals surface area contributed by atoms with Crippen LogP contribution in [0.1, 0.15) is 25.0 Å². The maximum Gasteiger partial charge on any atom is 0.186 e. The molecule has 0 bridgehead atoms. The Hall–Kier alpha value is -1.12. The fraction of sp³-hybridized carbons (Fsp3) is 0.636. The number of rotatable bonds is 5. The quantitative estimate of drug-likeness (QED) is 0.740. The van der Waals surface area contributed by atoms with Crippen molar-refractivity contribution in [2.75, 3.05) is 0 Å². The van der Waals surface area contributed by atoms with Crippen molar-refractivity contribution in [2.45, 2.75) is 45.6 Å². The zero-order valence-corrected chi connectivity index (χ0v) is 11.4. The average molecular weight is 237 g/mol. The maximum absolute atomic E-state index is 9.09. The molecule has 0 radical (unpaired) electrons. The van der Waals surface area contributed by atoms with Gasteiger partial charge in [-0.15, -0.1) is 0 Å². The predicted molar refractivity (Wildman–Crippen MR) is 65.3 cm³/mol. The standard InChI is InChI=1S/C11H19N3OSi/c1-5-6-14-9-10(8-13-14)11(7-12)15-16(2,3)4/h8-9,11H,5-6H2,1-4H3. The predicted octanol–water partition coefficient (Wildman–Crippen LogP) is 2.71. The first-order valence-electron chi connectivity index (χ1n) is 5.56. The van der Waals surface area contributed by atoms with Gasteiger partial charge in [-0.1, -0.05) is 6.92 Å². The third-order valence-electron chi connectivity index (χ3n) is 2.00. The van der Waals surface area contributed by atoms with E-state index in [0.29, 0.717) is 0 Å². The van der Waals surface area contributed by atoms with Crippen LogP contribution >= 0.6 is 0 Å². The van der Waals surface area contributed by atoms with Crippen molar-refractivity contribution in [2.24, 2.45) is 0 Å². The number of aromatic nitrogens is 2. The van der Waals surface area contributed by atoms with Crippen LogP contribution in [0.3, 0.4) is 0 Å². The van der Waals surface area contributed by atoms with E-state index in [-0.39, 0.29) is 0 Å². The van der Waals surface area contributed by atoms with Crippen LogP contribution in [-0.4, -0.2) is 18.1 Å². The molecular formula is C11H19N3OSi. The fourth-order valence-electron chi connectivity index (χ4n) is 1.39. The molecule has 0 saturated carbocycles. The van der Waals surface area contributed by atoms with Gasteiger partial charge in [0.2, 0.25) is 0 Å². The second-order valence-corrected chi connectivity index (χ2v) is 9.24. The van der Waals surface area contributed by atoms with E-state index in [2.05, 4.69) is 37.7 Å². The molecular weight excluding hydrogens is 218 g/mol. The van der Waals surface area contributed by atoms with Gasteiger partial charge in [0.25, 0.3) is 0 Å². The van der Waals surface area contributed by atoms with E-state index in [1.54, 1.807) is 6.20 Å². The number of aryl methyl sites for hydroxylation is 1. The molecule has 0 aliphatic carbocycles. The smallest absolute Gasteiger partial charge is 0.186 e. The number of hydrogen-bond donors (Lipinski definition) is 0. The molecule has 1 aromatic heterocycles. The van der Waals surface area contributed by atoms with Crippen molar-refractivity contribution in [1.29, 1.82) is 5.26 Å². The van der Waals surface area contributed by atoms with E-state index >= 15 is 0 Å². The zero-order valence-electron chi connectivity index (χ0n) is 10.4. The van der Waals surface area contributed by atoms with Crippen LogP contribution in [-0.2, 0) is 11.0 Å². The SMILES string of the molecule is CCCn1cc(C(C#N)O[Si](C)(C)C)cn1. The highest BCUT2D eigenvalue weighted by Gasteiger charge is 2.23. The Morgan fingerprint density at radius 2 is 2.25 bits per heavy atom. The lowest BCUT2D eigenvalue weighted by molar-refractivity contribution is 0.255. The fourth-order valence-corrected chi connectivity index (χ4v) is 2.28. The van der Waals surface area contributed by atoms with Crippen LogP contribution < -0.4 is 0 Å². The van der Waals surface area contributed by atoms with Crippen LogP contribution in [0.25, 0.3) is 0 Å². The molecule has 1 aromatic rings. The first-order valence-corrected chi connectivity index (χ1v) is 8.97. The van der Waals surface area contributed by atoms with Crippen molar-refractivity contribution >= 4 is 8.32 Å². The summed E-state index contributed by atoms with van der Waals surface area (Å²) in [6.45, 7) is 9.21. The monoisotopic (exact) mass is 237 g/mol. The Kier molecular flexibility index (Phi) is 4.27. The van der Waals surface area contributed by atoms with Gasteiger partial charge in [0.1, 0.15) is 0 Å². The summed E-state index contributed by atoms with van der Waals surface area (Å²) in [5.74, 6) is 0. The van der Waals surface area contributed by atoms with E-state index in [9.17, 15) is 0 Å². The van der Waals surface area contributed by atoms with Crippen molar-refractivity contribution < 1.29 is 4.43 Å². The van der Waals surface area contributed by atoms with Gasteiger partial charge >= 0.3 is 0 Å². The number of hydrogen-bond acceptors (Lipinski definition) is 3. The van der Waals surface area contributed by atoms with Crippen LogP contribution in [0, 0.1) is 11.3 Å². The van der Waals surface area contributed by atoms with E-state index < -0.39 is 14.4 Å². The molecule has 0 spiro atoms. The molecule has 0 amide bonds. The molecule has 0 aliphatic rings. The third kappa shape index (κ3) is 3.80. The van der Waals surface area contributed by atoms with Gasteiger partial charge in [0.05, 0.1) is 12.3 Å². The largest absolute Gasteiger partial charge is 0.399 e. The molecule has 0 fully saturated rings. The molecule has 16 heavy (non-hydrogen) atoms. The van der Waals surface area contributed by atoms with Gasteiger partial charge in [0.15, 0.2) is 14.4 Å². The van der Waals surface area contributed by atoms with Gasteiger partial charge in [-0.3, -0.25) is 4.68 Å². The summed E-state index contributed by atoms with van der Waals surface area (Å²) in [6.07, 6.45) is 4.19. The summed E-state index contributed by atoms with van der Waals surface area (Å²) in [6, 6.07) is 2.19. The molecule has 0 saturated heterocycles. The van der Waals surface area contributed by atoms with Crippen molar-refractivity contribution in [1.82, 2.24) is 9.78 Å². The summed E-state index contributed by atoms with van der Waals surface area (Å²) in [5.41, 5.74) is 0.860. The summed E-state index contributed by atoms with van der Waals surface area (Å²) in [4.78, 5) is 0. The Morgan fingerprint density at radius 3 is 2.75 bits per heavy atom. The highest BCUT2D eigenvalue weighted by atomic mass is 28.4. The lowest BCUT2D eigenvalue weighted by Gasteiger charge is -2.20. The van der Waals surface area contributed by atoms with Crippen molar-refractivity contribution in [3.05, 3.63) is 18.0 Å². The second-order valence-electron chi connectivity index (χ2n) is 4.78. The molecule has 1 rings (SSSR count). The van der Waals surface area contributed by atoms with Gasteiger partial charge in [-0.05, 0) is 26.1 Å². The number of nitrogens with zero attached hydrogens (tertiary/aromatic N) is 3. The minimum atomic E-state index is -1.69. The van der Waals surface area contributed by atoms with Crippen molar-refractivity contribution in [3.8, 4) is 6.07 Å². The van der Waals surface area contributed by atoms with Crippen LogP contribution in [0.5, 0.6) is 0 Å². The Labute approximate surface area is 98.0 Å². The molecule has 88 valence electrons. The minimum absolute atomic E-state index is 0.475. The molecule has 0 N–H and O–H groups in total. The summed E-state index contributed by atoms with van der Waals surface area (Å²) in [5, 5.41) is 13.3. The van der Waals surface area contributed by atoms with Gasteiger partial charge in [0, 0.05) is 18.3 Å². The summed E-state index contributed by atoms with van der Waals surface area (Å²) < 4.78 is 7.64. The molecule has 5 heteroatoms. The van der Waals surface area contributed by atoms with E-state index in [1.165, 1.54) is 0 Å². The van der Waals surface area contributed by atoms with E-state index in [4.69, 9.17) is 9.69 Å². The molecule has 1 atom stereocenters. The lowest BCUT2D eigenvalue weighted by atomic mass is 10.2. The highest BCUT2D eigenvalue weighted by molar-refractivity contribution is 6.69. The Morgan fingerprint density at radius 1 is 1.56 bits per heavy atom. The Balaban J connectivity index is 2.76. The zero-order chi connectivity index (χ0) is 12.2. The second kappa shape index (κ2) is 5.28. The molecule has 4 nitrogen and oxygen atoms in total. The van der Waals surface area contributed by atoms with Gasteiger partial charge in [-0.2, -0.15) is 10.4 Å². The maximum atomic E-state index is 9.09. The van der Waals surface area contributed by atoms with Crippen LogP contribution in [0.4, 0.5) is 0 Å².